The molecule has 32 heavy (non-hydrogen) atoms. The van der Waals surface area contributed by atoms with Crippen LogP contribution in [0.25, 0.3) is 5.70 Å². The summed E-state index contributed by atoms with van der Waals surface area (Å²) in [6.07, 6.45) is 1.84. The average Bonchev–Trinajstić information content (AvgIpc) is 2.83. The maximum absolute atomic E-state index is 13.3. The molecule has 0 fully saturated rings. The number of hydrogen-bond donors (Lipinski definition) is 2. The van der Waals surface area contributed by atoms with E-state index in [-0.39, 0.29) is 12.2 Å². The number of thioether (sulfide) groups is 1. The van der Waals surface area contributed by atoms with Crippen LogP contribution in [0.3, 0.4) is 0 Å². The van der Waals surface area contributed by atoms with Crippen LogP contribution in [0.2, 0.25) is 0 Å². The fourth-order valence-corrected chi connectivity index (χ4v) is 4.16. The van der Waals surface area contributed by atoms with Crippen LogP contribution < -0.4 is 15.6 Å². The Labute approximate surface area is 189 Å². The summed E-state index contributed by atoms with van der Waals surface area (Å²) in [5.74, 6) is -0.0549. The molecule has 2 N–H and O–H groups in total. The number of carbonyl (C=O) groups excluding carboxylic acids is 1. The number of carbonyl (C=O) groups is 1. The Kier molecular flexibility index (Phi) is 6.32. The van der Waals surface area contributed by atoms with Crippen LogP contribution in [0, 0.1) is 0 Å². The van der Waals surface area contributed by atoms with Crippen molar-refractivity contribution in [2.45, 2.75) is 18.0 Å². The summed E-state index contributed by atoms with van der Waals surface area (Å²) < 4.78 is 10.7. The zero-order valence-corrected chi connectivity index (χ0v) is 18.8. The smallest absolute Gasteiger partial charge is 0.337 e. The fourth-order valence-electron chi connectivity index (χ4n) is 3.79. The Hall–Kier alpha value is -3.52. The van der Waals surface area contributed by atoms with E-state index in [0.717, 1.165) is 11.1 Å². The van der Waals surface area contributed by atoms with Crippen molar-refractivity contribution in [3.8, 4) is 5.75 Å². The quantitative estimate of drug-likeness (QED) is 0.333. The number of aromatic amines is 1. The molecule has 7 nitrogen and oxygen atoms in total. The van der Waals surface area contributed by atoms with Gasteiger partial charge in [0.05, 0.1) is 36.5 Å². The van der Waals surface area contributed by atoms with Gasteiger partial charge in [-0.2, -0.15) is 0 Å². The first-order valence-corrected chi connectivity index (χ1v) is 11.4. The first kappa shape index (κ1) is 21.7. The van der Waals surface area contributed by atoms with Crippen LogP contribution in [0.1, 0.15) is 29.5 Å². The highest BCUT2D eigenvalue weighted by molar-refractivity contribution is 7.98. The van der Waals surface area contributed by atoms with E-state index < -0.39 is 11.9 Å². The van der Waals surface area contributed by atoms with Crippen molar-refractivity contribution in [3.05, 3.63) is 87.2 Å². The molecule has 1 aromatic heterocycles. The summed E-state index contributed by atoms with van der Waals surface area (Å²) in [6, 6.07) is 16.8. The zero-order valence-electron chi connectivity index (χ0n) is 18.0. The van der Waals surface area contributed by atoms with E-state index in [1.54, 1.807) is 26.2 Å². The van der Waals surface area contributed by atoms with Gasteiger partial charge in [-0.15, -0.1) is 0 Å². The van der Waals surface area contributed by atoms with Crippen molar-refractivity contribution >= 4 is 29.2 Å². The van der Waals surface area contributed by atoms with E-state index in [2.05, 4.69) is 15.3 Å². The number of anilines is 1. The molecule has 0 radical (unpaired) electrons. The number of H-pyrrole nitrogens is 1. The first-order chi connectivity index (χ1) is 15.6. The van der Waals surface area contributed by atoms with E-state index >= 15 is 0 Å². The van der Waals surface area contributed by atoms with Gasteiger partial charge in [0.25, 0.3) is 5.56 Å². The van der Waals surface area contributed by atoms with Gasteiger partial charge in [-0.05, 0) is 36.4 Å². The summed E-state index contributed by atoms with van der Waals surface area (Å²) in [5.41, 5.74) is 2.56. The molecule has 8 heteroatoms. The van der Waals surface area contributed by atoms with E-state index in [0.29, 0.717) is 33.6 Å². The van der Waals surface area contributed by atoms with Crippen LogP contribution in [0.5, 0.6) is 5.75 Å². The minimum absolute atomic E-state index is 0.215. The lowest BCUT2D eigenvalue weighted by molar-refractivity contribution is -0.138. The number of esters is 1. The molecule has 4 rings (SSSR count). The largest absolute Gasteiger partial charge is 0.497 e. The van der Waals surface area contributed by atoms with Gasteiger partial charge in [-0.25, -0.2) is 9.78 Å². The Morgan fingerprint density at radius 3 is 2.47 bits per heavy atom. The van der Waals surface area contributed by atoms with Crippen molar-refractivity contribution < 1.29 is 14.3 Å². The first-order valence-electron chi connectivity index (χ1n) is 10.1. The second-order valence-corrected chi connectivity index (χ2v) is 7.84. The lowest BCUT2D eigenvalue weighted by Gasteiger charge is -2.30. The molecule has 1 unspecified atom stereocenters. The molecule has 3 aromatic rings. The summed E-state index contributed by atoms with van der Waals surface area (Å²) in [6.45, 7) is 1.97. The second-order valence-electron chi connectivity index (χ2n) is 7.04. The third-order valence-corrected chi connectivity index (χ3v) is 5.80. The number of hydrogen-bond acceptors (Lipinski definition) is 7. The van der Waals surface area contributed by atoms with Gasteiger partial charge in [-0.3, -0.25) is 4.79 Å². The van der Waals surface area contributed by atoms with Gasteiger partial charge in [0, 0.05) is 0 Å². The molecule has 164 valence electrons. The van der Waals surface area contributed by atoms with Crippen molar-refractivity contribution in [1.82, 2.24) is 9.97 Å². The highest BCUT2D eigenvalue weighted by Crippen LogP contribution is 2.43. The van der Waals surface area contributed by atoms with Crippen molar-refractivity contribution in [3.63, 3.8) is 0 Å². The Morgan fingerprint density at radius 2 is 1.84 bits per heavy atom. The molecular weight excluding hydrogens is 426 g/mol. The van der Waals surface area contributed by atoms with Crippen molar-refractivity contribution in [2.75, 3.05) is 25.3 Å². The van der Waals surface area contributed by atoms with Crippen LogP contribution in [0.15, 0.2) is 70.1 Å². The second kappa shape index (κ2) is 9.32. The normalized spacial score (nSPS) is 15.0. The molecule has 0 saturated heterocycles. The average molecular weight is 450 g/mol. The van der Waals surface area contributed by atoms with Gasteiger partial charge in [0.1, 0.15) is 11.6 Å². The van der Waals surface area contributed by atoms with E-state index in [1.807, 2.05) is 48.7 Å². The minimum Gasteiger partial charge on any atom is -0.497 e. The Balaban J connectivity index is 2.03. The van der Waals surface area contributed by atoms with Crippen molar-refractivity contribution in [2.24, 2.45) is 0 Å². The van der Waals surface area contributed by atoms with E-state index in [9.17, 15) is 9.59 Å². The van der Waals surface area contributed by atoms with Gasteiger partial charge in [-0.1, -0.05) is 54.2 Å². The molecule has 0 aliphatic carbocycles. The third kappa shape index (κ3) is 4.01. The standard InChI is InChI=1S/C24H23N3O4S/c1-4-31-23(29)18-17(14-10-12-16(30-2)13-11-14)19-21(26-24(32-3)27-22(19)28)25-20(18)15-8-6-5-7-9-15/h5-13,17H,4H2,1-3H3,(H2,25,26,27,28). The van der Waals surface area contributed by atoms with Gasteiger partial charge in [0.15, 0.2) is 5.16 Å². The topological polar surface area (TPSA) is 93.3 Å². The zero-order chi connectivity index (χ0) is 22.7. The van der Waals surface area contributed by atoms with Crippen LogP contribution in [-0.2, 0) is 9.53 Å². The van der Waals surface area contributed by atoms with E-state index in [4.69, 9.17) is 9.47 Å². The van der Waals surface area contributed by atoms with Gasteiger partial charge < -0.3 is 19.8 Å². The van der Waals surface area contributed by atoms with Gasteiger partial charge in [0.2, 0.25) is 0 Å². The molecule has 2 aromatic carbocycles. The molecule has 0 bridgehead atoms. The number of ether oxygens (including phenoxy) is 2. The molecule has 1 aliphatic heterocycles. The summed E-state index contributed by atoms with van der Waals surface area (Å²) in [4.78, 5) is 33.8. The third-order valence-electron chi connectivity index (χ3n) is 5.22. The molecule has 1 aliphatic rings. The Morgan fingerprint density at radius 1 is 1.12 bits per heavy atom. The monoisotopic (exact) mass is 449 g/mol. The summed E-state index contributed by atoms with van der Waals surface area (Å²) >= 11 is 1.34. The number of aromatic nitrogens is 2. The molecule has 0 spiro atoms. The fraction of sp³-hybridized carbons (Fsp3) is 0.208. The number of benzene rings is 2. The van der Waals surface area contributed by atoms with E-state index in [1.165, 1.54) is 11.8 Å². The highest BCUT2D eigenvalue weighted by atomic mass is 32.2. The Bertz CT molecular complexity index is 1220. The number of nitrogens with zero attached hydrogens (tertiary/aromatic N) is 1. The predicted molar refractivity (Wildman–Crippen MR) is 125 cm³/mol. The lowest BCUT2D eigenvalue weighted by Crippen LogP contribution is -2.31. The summed E-state index contributed by atoms with van der Waals surface area (Å²) in [5, 5.41) is 3.74. The minimum atomic E-state index is -0.668. The van der Waals surface area contributed by atoms with Crippen molar-refractivity contribution in [1.29, 1.82) is 0 Å². The number of fused-ring (bicyclic) bond motifs is 1. The molecule has 0 amide bonds. The van der Waals surface area contributed by atoms with Crippen LogP contribution >= 0.6 is 11.8 Å². The number of rotatable bonds is 6. The maximum Gasteiger partial charge on any atom is 0.337 e. The van der Waals surface area contributed by atoms with Crippen LogP contribution in [-0.4, -0.2) is 35.9 Å². The number of nitrogens with one attached hydrogen (secondary N) is 2. The van der Waals surface area contributed by atoms with Gasteiger partial charge >= 0.3 is 5.97 Å². The molecule has 2 heterocycles. The lowest BCUT2D eigenvalue weighted by atomic mass is 9.81. The number of methoxy groups -OCH3 is 1. The maximum atomic E-state index is 13.3. The summed E-state index contributed by atoms with van der Waals surface area (Å²) in [7, 11) is 1.59. The molecular formula is C24H23N3O4S. The SMILES string of the molecule is CCOC(=O)C1=C(c2ccccc2)Nc2nc(SC)[nH]c(=O)c2C1c1ccc(OC)cc1. The molecule has 0 saturated carbocycles. The molecule has 1 atom stereocenters. The highest BCUT2D eigenvalue weighted by Gasteiger charge is 2.38. The van der Waals surface area contributed by atoms with Crippen LogP contribution in [0.4, 0.5) is 5.82 Å². The predicted octanol–water partition coefficient (Wildman–Crippen LogP) is 4.03.